The molecule has 0 amide bonds. The van der Waals surface area contributed by atoms with Crippen LogP contribution in [0.1, 0.15) is 12.0 Å². The van der Waals surface area contributed by atoms with Crippen molar-refractivity contribution in [2.75, 3.05) is 0 Å². The molecule has 1 aromatic carbocycles. The lowest BCUT2D eigenvalue weighted by Crippen LogP contribution is -1.86. The molecule has 0 aliphatic carbocycles. The highest BCUT2D eigenvalue weighted by molar-refractivity contribution is 5.78. The van der Waals surface area contributed by atoms with E-state index >= 15 is 0 Å². The summed E-state index contributed by atoms with van der Waals surface area (Å²) in [6, 6.07) is 14.3. The minimum atomic E-state index is 0.889. The molecule has 0 radical (unpaired) electrons. The SMILES string of the molecule is C1=CCC=NC(c2cccc(-c3ccccn3)c2)=C1. The second kappa shape index (κ2) is 5.44. The van der Waals surface area contributed by atoms with Crippen LogP contribution in [-0.2, 0) is 0 Å². The fourth-order valence-electron chi connectivity index (χ4n) is 2.03. The van der Waals surface area contributed by atoms with Gasteiger partial charge in [-0.15, -0.1) is 0 Å². The van der Waals surface area contributed by atoms with E-state index < -0.39 is 0 Å². The van der Waals surface area contributed by atoms with Gasteiger partial charge >= 0.3 is 0 Å². The van der Waals surface area contributed by atoms with E-state index in [2.05, 4.69) is 40.3 Å². The average molecular weight is 246 g/mol. The van der Waals surface area contributed by atoms with Crippen molar-refractivity contribution in [2.45, 2.75) is 6.42 Å². The fraction of sp³-hybridized carbons (Fsp3) is 0.0588. The van der Waals surface area contributed by atoms with Gasteiger partial charge in [-0.2, -0.15) is 0 Å². The molecule has 2 heteroatoms. The molecule has 0 N–H and O–H groups in total. The predicted octanol–water partition coefficient (Wildman–Crippen LogP) is 4.12. The third-order valence-corrected chi connectivity index (χ3v) is 2.98. The molecule has 3 rings (SSSR count). The van der Waals surface area contributed by atoms with E-state index in [1.54, 1.807) is 0 Å². The molecule has 19 heavy (non-hydrogen) atoms. The Kier molecular flexibility index (Phi) is 3.32. The summed E-state index contributed by atoms with van der Waals surface area (Å²) in [5.41, 5.74) is 4.21. The van der Waals surface area contributed by atoms with Crippen LogP contribution >= 0.6 is 0 Å². The van der Waals surface area contributed by atoms with Crippen molar-refractivity contribution >= 4 is 11.9 Å². The first-order valence-corrected chi connectivity index (χ1v) is 6.35. The molecule has 2 nitrogen and oxygen atoms in total. The highest BCUT2D eigenvalue weighted by Crippen LogP contribution is 2.23. The van der Waals surface area contributed by atoms with Crippen LogP contribution in [0.3, 0.4) is 0 Å². The lowest BCUT2D eigenvalue weighted by Gasteiger charge is -2.05. The van der Waals surface area contributed by atoms with Crippen LogP contribution < -0.4 is 0 Å². The molecule has 0 spiro atoms. The maximum Gasteiger partial charge on any atom is 0.0702 e. The molecule has 2 aromatic rings. The third kappa shape index (κ3) is 2.68. The topological polar surface area (TPSA) is 25.2 Å². The zero-order valence-corrected chi connectivity index (χ0v) is 10.5. The van der Waals surface area contributed by atoms with E-state index in [-0.39, 0.29) is 0 Å². The Bertz CT molecular complexity index is 652. The lowest BCUT2D eigenvalue weighted by atomic mass is 10.1. The first kappa shape index (κ1) is 11.6. The van der Waals surface area contributed by atoms with Gasteiger partial charge in [0.05, 0.1) is 11.4 Å². The quantitative estimate of drug-likeness (QED) is 0.782. The molecule has 0 bridgehead atoms. The maximum absolute atomic E-state index is 4.48. The number of nitrogens with zero attached hydrogens (tertiary/aromatic N) is 2. The van der Waals surface area contributed by atoms with Gasteiger partial charge in [0.1, 0.15) is 0 Å². The number of pyridine rings is 1. The Morgan fingerprint density at radius 2 is 1.89 bits per heavy atom. The number of allylic oxidation sites excluding steroid dienone is 3. The molecule has 2 heterocycles. The minimum Gasteiger partial charge on any atom is -0.260 e. The maximum atomic E-state index is 4.48. The minimum absolute atomic E-state index is 0.889. The van der Waals surface area contributed by atoms with Crippen LogP contribution in [0.5, 0.6) is 0 Å². The van der Waals surface area contributed by atoms with Gasteiger partial charge in [-0.05, 0) is 24.3 Å². The summed E-state index contributed by atoms with van der Waals surface area (Å²) >= 11 is 0. The van der Waals surface area contributed by atoms with Crippen molar-refractivity contribution < 1.29 is 0 Å². The molecular weight excluding hydrogens is 232 g/mol. The van der Waals surface area contributed by atoms with Crippen molar-refractivity contribution in [1.29, 1.82) is 0 Å². The first-order chi connectivity index (χ1) is 9.43. The van der Waals surface area contributed by atoms with E-state index in [1.807, 2.05) is 42.8 Å². The van der Waals surface area contributed by atoms with Gasteiger partial charge in [0.15, 0.2) is 0 Å². The smallest absolute Gasteiger partial charge is 0.0702 e. The average Bonchev–Trinajstić information content (AvgIpc) is 2.77. The van der Waals surface area contributed by atoms with E-state index in [0.29, 0.717) is 0 Å². The molecule has 0 saturated carbocycles. The van der Waals surface area contributed by atoms with E-state index in [0.717, 1.165) is 28.9 Å². The van der Waals surface area contributed by atoms with Gasteiger partial charge in [0, 0.05) is 30.0 Å². The molecule has 1 aliphatic rings. The van der Waals surface area contributed by atoms with Crippen LogP contribution in [0.15, 0.2) is 71.9 Å². The Hall–Kier alpha value is -2.48. The number of aromatic nitrogens is 1. The van der Waals surface area contributed by atoms with Crippen LogP contribution in [-0.4, -0.2) is 11.2 Å². The van der Waals surface area contributed by atoms with E-state index in [4.69, 9.17) is 0 Å². The standard InChI is InChI=1S/C17H14N2/c1-2-9-16(18-11-4-1)14-7-6-8-15(13-14)17-10-3-5-12-19-17/h1-3,5-13H,4H2. The molecule has 1 aromatic heterocycles. The van der Waals surface area contributed by atoms with Gasteiger partial charge in [-0.25, -0.2) is 0 Å². The molecule has 1 aliphatic heterocycles. The molecule has 0 atom stereocenters. The molecule has 0 saturated heterocycles. The van der Waals surface area contributed by atoms with Crippen LogP contribution in [0.25, 0.3) is 17.0 Å². The predicted molar refractivity (Wildman–Crippen MR) is 79.9 cm³/mol. The first-order valence-electron chi connectivity index (χ1n) is 6.35. The number of benzene rings is 1. The number of aliphatic imine (C=N–C) groups is 1. The summed E-state index contributed by atoms with van der Waals surface area (Å²) in [5, 5.41) is 0. The summed E-state index contributed by atoms with van der Waals surface area (Å²) < 4.78 is 0. The molecular formula is C17H14N2. The van der Waals surface area contributed by atoms with Crippen LogP contribution in [0, 0.1) is 0 Å². The highest BCUT2D eigenvalue weighted by Gasteiger charge is 2.03. The Morgan fingerprint density at radius 3 is 2.79 bits per heavy atom. The summed E-state index contributed by atoms with van der Waals surface area (Å²) in [7, 11) is 0. The van der Waals surface area contributed by atoms with Crippen LogP contribution in [0.2, 0.25) is 0 Å². The molecule has 92 valence electrons. The fourth-order valence-corrected chi connectivity index (χ4v) is 2.03. The zero-order valence-electron chi connectivity index (χ0n) is 10.5. The largest absolute Gasteiger partial charge is 0.260 e. The molecule has 0 fully saturated rings. The number of hydrogen-bond acceptors (Lipinski definition) is 2. The second-order valence-corrected chi connectivity index (χ2v) is 4.32. The van der Waals surface area contributed by atoms with Crippen LogP contribution in [0.4, 0.5) is 0 Å². The summed E-state index contributed by atoms with van der Waals surface area (Å²) in [5.74, 6) is 0. The normalized spacial score (nSPS) is 14.0. The lowest BCUT2D eigenvalue weighted by molar-refractivity contribution is 1.32. The summed E-state index contributed by atoms with van der Waals surface area (Å²) in [4.78, 5) is 8.86. The summed E-state index contributed by atoms with van der Waals surface area (Å²) in [6.45, 7) is 0. The van der Waals surface area contributed by atoms with Gasteiger partial charge < -0.3 is 0 Å². The monoisotopic (exact) mass is 246 g/mol. The van der Waals surface area contributed by atoms with Gasteiger partial charge in [-0.3, -0.25) is 9.98 Å². The third-order valence-electron chi connectivity index (χ3n) is 2.98. The van der Waals surface area contributed by atoms with E-state index in [9.17, 15) is 0 Å². The highest BCUT2D eigenvalue weighted by atomic mass is 14.7. The van der Waals surface area contributed by atoms with Gasteiger partial charge in [0.2, 0.25) is 0 Å². The second-order valence-electron chi connectivity index (χ2n) is 4.32. The van der Waals surface area contributed by atoms with Gasteiger partial charge in [-0.1, -0.05) is 36.4 Å². The Labute approximate surface area is 112 Å². The summed E-state index contributed by atoms with van der Waals surface area (Å²) in [6.07, 6.45) is 10.8. The van der Waals surface area contributed by atoms with Gasteiger partial charge in [0.25, 0.3) is 0 Å². The number of rotatable bonds is 2. The van der Waals surface area contributed by atoms with E-state index in [1.165, 1.54) is 0 Å². The van der Waals surface area contributed by atoms with Crippen molar-refractivity contribution in [3.05, 3.63) is 72.5 Å². The number of hydrogen-bond donors (Lipinski definition) is 0. The van der Waals surface area contributed by atoms with Crippen molar-refractivity contribution in [2.24, 2.45) is 4.99 Å². The molecule has 0 unspecified atom stereocenters. The van der Waals surface area contributed by atoms with Crippen molar-refractivity contribution in [1.82, 2.24) is 4.98 Å². The Morgan fingerprint density at radius 1 is 0.947 bits per heavy atom. The van der Waals surface area contributed by atoms with Crippen molar-refractivity contribution in [3.8, 4) is 11.3 Å². The zero-order chi connectivity index (χ0) is 12.9. The Balaban J connectivity index is 2.01. The van der Waals surface area contributed by atoms with Crippen molar-refractivity contribution in [3.63, 3.8) is 0 Å².